The van der Waals surface area contributed by atoms with Crippen LogP contribution in [0.4, 0.5) is 4.79 Å². The Morgan fingerprint density at radius 1 is 1.37 bits per heavy atom. The molecule has 1 aliphatic heterocycles. The van der Waals surface area contributed by atoms with Gasteiger partial charge in [0.25, 0.3) is 0 Å². The van der Waals surface area contributed by atoms with E-state index in [2.05, 4.69) is 0 Å². The lowest BCUT2D eigenvalue weighted by Crippen LogP contribution is -2.57. The highest BCUT2D eigenvalue weighted by Gasteiger charge is 2.49. The van der Waals surface area contributed by atoms with Crippen LogP contribution in [0.3, 0.4) is 0 Å². The quantitative estimate of drug-likeness (QED) is 0.887. The van der Waals surface area contributed by atoms with Gasteiger partial charge in [-0.2, -0.15) is 0 Å². The van der Waals surface area contributed by atoms with Crippen LogP contribution in [-0.4, -0.2) is 35.3 Å². The van der Waals surface area contributed by atoms with Crippen LogP contribution < -0.4 is 0 Å². The van der Waals surface area contributed by atoms with Crippen LogP contribution in [0.25, 0.3) is 0 Å². The highest BCUT2D eigenvalue weighted by molar-refractivity contribution is 5.69. The normalized spacial score (nSPS) is 24.3. The Kier molecular flexibility index (Phi) is 3.19. The number of nitrogens with zero attached hydrogens (tertiary/aromatic N) is 1. The first-order chi connectivity index (χ1) is 9.17. The number of ether oxygens (including phenoxy) is 1. The van der Waals surface area contributed by atoms with Gasteiger partial charge in [-0.25, -0.2) is 4.79 Å². The Labute approximate surface area is 113 Å². The molecule has 1 N–H and O–H groups in total. The van der Waals surface area contributed by atoms with Gasteiger partial charge in [-0.05, 0) is 24.8 Å². The predicted molar refractivity (Wildman–Crippen MR) is 70.5 cm³/mol. The van der Waals surface area contributed by atoms with Crippen molar-refractivity contribution in [3.05, 3.63) is 35.9 Å². The molecule has 1 saturated carbocycles. The number of amides is 1. The zero-order valence-electron chi connectivity index (χ0n) is 10.9. The van der Waals surface area contributed by atoms with Gasteiger partial charge < -0.3 is 14.7 Å². The Morgan fingerprint density at radius 3 is 2.74 bits per heavy atom. The van der Waals surface area contributed by atoms with Crippen molar-refractivity contribution < 1.29 is 14.6 Å². The SMILES string of the molecule is O=C(OCc1ccccc1)N1CC2(CCC(O)C2)C1. The summed E-state index contributed by atoms with van der Waals surface area (Å²) >= 11 is 0. The molecule has 1 saturated heterocycles. The second-order valence-electron chi connectivity index (χ2n) is 5.79. The van der Waals surface area contributed by atoms with E-state index in [1.54, 1.807) is 4.90 Å². The third-order valence-corrected chi connectivity index (χ3v) is 4.19. The first-order valence-electron chi connectivity index (χ1n) is 6.81. The smallest absolute Gasteiger partial charge is 0.410 e. The molecule has 1 aliphatic carbocycles. The minimum Gasteiger partial charge on any atom is -0.445 e. The van der Waals surface area contributed by atoms with Gasteiger partial charge in [0, 0.05) is 18.5 Å². The molecule has 0 radical (unpaired) electrons. The summed E-state index contributed by atoms with van der Waals surface area (Å²) in [6.45, 7) is 1.79. The maximum Gasteiger partial charge on any atom is 0.410 e. The minimum absolute atomic E-state index is 0.172. The number of carbonyl (C=O) groups excluding carboxylic acids is 1. The average Bonchev–Trinajstić information content (AvgIpc) is 2.78. The summed E-state index contributed by atoms with van der Waals surface area (Å²) < 4.78 is 5.29. The van der Waals surface area contributed by atoms with Gasteiger partial charge in [0.2, 0.25) is 0 Å². The molecular formula is C15H19NO3. The van der Waals surface area contributed by atoms with Gasteiger partial charge in [-0.1, -0.05) is 30.3 Å². The number of carbonyl (C=O) groups is 1. The van der Waals surface area contributed by atoms with Crippen LogP contribution in [0.5, 0.6) is 0 Å². The second kappa shape index (κ2) is 4.85. The highest BCUT2D eigenvalue weighted by Crippen LogP contribution is 2.45. The summed E-state index contributed by atoms with van der Waals surface area (Å²) in [6, 6.07) is 9.69. The molecule has 1 unspecified atom stereocenters. The molecule has 102 valence electrons. The Hall–Kier alpha value is -1.55. The van der Waals surface area contributed by atoms with E-state index in [4.69, 9.17) is 4.74 Å². The van der Waals surface area contributed by atoms with Crippen molar-refractivity contribution in [1.29, 1.82) is 0 Å². The number of rotatable bonds is 2. The van der Waals surface area contributed by atoms with Gasteiger partial charge in [0.05, 0.1) is 6.10 Å². The molecule has 4 nitrogen and oxygen atoms in total. The molecule has 1 aromatic carbocycles. The van der Waals surface area contributed by atoms with E-state index in [9.17, 15) is 9.90 Å². The zero-order valence-corrected chi connectivity index (χ0v) is 10.9. The number of aliphatic hydroxyl groups is 1. The monoisotopic (exact) mass is 261 g/mol. The van der Waals surface area contributed by atoms with Gasteiger partial charge in [-0.15, -0.1) is 0 Å². The van der Waals surface area contributed by atoms with Crippen LogP contribution in [-0.2, 0) is 11.3 Å². The fourth-order valence-electron chi connectivity index (χ4n) is 3.17. The van der Waals surface area contributed by atoms with Crippen molar-refractivity contribution in [2.45, 2.75) is 32.0 Å². The first-order valence-corrected chi connectivity index (χ1v) is 6.81. The van der Waals surface area contributed by atoms with E-state index in [1.165, 1.54) is 0 Å². The van der Waals surface area contributed by atoms with Crippen molar-refractivity contribution >= 4 is 6.09 Å². The van der Waals surface area contributed by atoms with Crippen molar-refractivity contribution in [2.75, 3.05) is 13.1 Å². The molecule has 3 rings (SSSR count). The van der Waals surface area contributed by atoms with Crippen molar-refractivity contribution in [1.82, 2.24) is 4.90 Å². The molecule has 2 aliphatic rings. The lowest BCUT2D eigenvalue weighted by molar-refractivity contribution is -0.00904. The predicted octanol–water partition coefficient (Wildman–Crippen LogP) is 2.17. The summed E-state index contributed by atoms with van der Waals surface area (Å²) in [7, 11) is 0. The minimum atomic E-state index is -0.240. The molecule has 1 atom stereocenters. The lowest BCUT2D eigenvalue weighted by atomic mass is 9.78. The fraction of sp³-hybridized carbons (Fsp3) is 0.533. The lowest BCUT2D eigenvalue weighted by Gasteiger charge is -2.47. The molecule has 19 heavy (non-hydrogen) atoms. The highest BCUT2D eigenvalue weighted by atomic mass is 16.6. The van der Waals surface area contributed by atoms with Crippen LogP contribution in [0.1, 0.15) is 24.8 Å². The molecular weight excluding hydrogens is 242 g/mol. The number of hydrogen-bond acceptors (Lipinski definition) is 3. The molecule has 4 heteroatoms. The van der Waals surface area contributed by atoms with Crippen LogP contribution in [0.2, 0.25) is 0 Å². The molecule has 1 aromatic rings. The molecule has 1 heterocycles. The van der Waals surface area contributed by atoms with E-state index >= 15 is 0 Å². The van der Waals surface area contributed by atoms with Crippen molar-refractivity contribution in [3.63, 3.8) is 0 Å². The Morgan fingerprint density at radius 2 is 2.11 bits per heavy atom. The van der Waals surface area contributed by atoms with Gasteiger partial charge in [0.15, 0.2) is 0 Å². The van der Waals surface area contributed by atoms with Crippen LogP contribution in [0.15, 0.2) is 30.3 Å². The number of aliphatic hydroxyl groups excluding tert-OH is 1. The summed E-state index contributed by atoms with van der Waals surface area (Å²) in [5, 5.41) is 9.57. The first kappa shape index (κ1) is 12.5. The number of likely N-dealkylation sites (tertiary alicyclic amines) is 1. The van der Waals surface area contributed by atoms with Gasteiger partial charge in [0.1, 0.15) is 6.61 Å². The maximum absolute atomic E-state index is 11.9. The molecule has 0 aromatic heterocycles. The van der Waals surface area contributed by atoms with E-state index in [1.807, 2.05) is 30.3 Å². The third-order valence-electron chi connectivity index (χ3n) is 4.19. The van der Waals surface area contributed by atoms with E-state index in [-0.39, 0.29) is 17.6 Å². The number of benzene rings is 1. The van der Waals surface area contributed by atoms with Crippen molar-refractivity contribution in [2.24, 2.45) is 5.41 Å². The second-order valence-corrected chi connectivity index (χ2v) is 5.79. The topological polar surface area (TPSA) is 49.8 Å². The Bertz CT molecular complexity index is 454. The maximum atomic E-state index is 11.9. The van der Waals surface area contributed by atoms with E-state index < -0.39 is 0 Å². The summed E-state index contributed by atoms with van der Waals surface area (Å²) in [5.74, 6) is 0. The van der Waals surface area contributed by atoms with Gasteiger partial charge >= 0.3 is 6.09 Å². The van der Waals surface area contributed by atoms with Gasteiger partial charge in [-0.3, -0.25) is 0 Å². The zero-order chi connectivity index (χ0) is 13.3. The molecule has 1 amide bonds. The number of hydrogen-bond donors (Lipinski definition) is 1. The molecule has 1 spiro atoms. The summed E-state index contributed by atoms with van der Waals surface area (Å²) in [4.78, 5) is 13.6. The standard InChI is InChI=1S/C15H19NO3/c17-13-6-7-15(8-13)10-16(11-15)14(18)19-9-12-4-2-1-3-5-12/h1-5,13,17H,6-11H2. The average molecular weight is 261 g/mol. The largest absolute Gasteiger partial charge is 0.445 e. The fourth-order valence-corrected chi connectivity index (χ4v) is 3.17. The Balaban J connectivity index is 1.46. The summed E-state index contributed by atoms with van der Waals surface area (Å²) in [6.07, 6.45) is 2.30. The van der Waals surface area contributed by atoms with Crippen LogP contribution >= 0.6 is 0 Å². The third kappa shape index (κ3) is 2.59. The molecule has 0 bridgehead atoms. The van der Waals surface area contributed by atoms with Crippen LogP contribution in [0, 0.1) is 5.41 Å². The summed E-state index contributed by atoms with van der Waals surface area (Å²) in [5.41, 5.74) is 1.17. The van der Waals surface area contributed by atoms with E-state index in [0.29, 0.717) is 6.61 Å². The van der Waals surface area contributed by atoms with Crippen molar-refractivity contribution in [3.8, 4) is 0 Å². The van der Waals surface area contributed by atoms with E-state index in [0.717, 1.165) is 37.9 Å². The molecule has 2 fully saturated rings.